The summed E-state index contributed by atoms with van der Waals surface area (Å²) in [7, 11) is 3.99. The molecule has 0 saturated carbocycles. The fourth-order valence-electron chi connectivity index (χ4n) is 2.12. The summed E-state index contributed by atoms with van der Waals surface area (Å²) in [4.78, 5) is 0. The molecule has 0 aliphatic rings. The SMILES string of the molecule is CCCCCC(Cc1c(Cl)c(C)nn1C)NC. The Labute approximate surface area is 110 Å². The summed E-state index contributed by atoms with van der Waals surface area (Å²) < 4.78 is 1.90. The lowest BCUT2D eigenvalue weighted by molar-refractivity contribution is 0.477. The summed E-state index contributed by atoms with van der Waals surface area (Å²) >= 11 is 6.27. The average Bonchev–Trinajstić information content (AvgIpc) is 2.54. The second kappa shape index (κ2) is 7.02. The van der Waals surface area contributed by atoms with Crippen LogP contribution in [-0.2, 0) is 13.5 Å². The molecule has 0 saturated heterocycles. The lowest BCUT2D eigenvalue weighted by Crippen LogP contribution is -2.28. The maximum Gasteiger partial charge on any atom is 0.0847 e. The van der Waals surface area contributed by atoms with Gasteiger partial charge in [-0.25, -0.2) is 0 Å². The van der Waals surface area contributed by atoms with E-state index >= 15 is 0 Å². The highest BCUT2D eigenvalue weighted by molar-refractivity contribution is 6.31. The van der Waals surface area contributed by atoms with Crippen LogP contribution in [0.2, 0.25) is 5.02 Å². The van der Waals surface area contributed by atoms with E-state index in [0.717, 1.165) is 22.8 Å². The van der Waals surface area contributed by atoms with E-state index < -0.39 is 0 Å². The molecule has 1 heterocycles. The number of unbranched alkanes of at least 4 members (excludes halogenated alkanes) is 2. The zero-order chi connectivity index (χ0) is 12.8. The van der Waals surface area contributed by atoms with Crippen molar-refractivity contribution in [2.24, 2.45) is 7.05 Å². The van der Waals surface area contributed by atoms with Gasteiger partial charge in [0, 0.05) is 19.5 Å². The second-order valence-electron chi connectivity index (χ2n) is 4.66. The highest BCUT2D eigenvalue weighted by Gasteiger charge is 2.15. The Morgan fingerprint density at radius 1 is 1.41 bits per heavy atom. The number of nitrogens with one attached hydrogen (secondary N) is 1. The van der Waals surface area contributed by atoms with E-state index in [9.17, 15) is 0 Å². The molecular formula is C13H24ClN3. The number of hydrogen-bond donors (Lipinski definition) is 1. The van der Waals surface area contributed by atoms with E-state index in [0.29, 0.717) is 6.04 Å². The quantitative estimate of drug-likeness (QED) is 0.761. The van der Waals surface area contributed by atoms with Gasteiger partial charge in [-0.15, -0.1) is 0 Å². The normalized spacial score (nSPS) is 13.0. The third kappa shape index (κ3) is 4.00. The average molecular weight is 258 g/mol. The van der Waals surface area contributed by atoms with Crippen molar-refractivity contribution in [2.75, 3.05) is 7.05 Å². The number of rotatable bonds is 7. The van der Waals surface area contributed by atoms with Crippen LogP contribution >= 0.6 is 11.6 Å². The number of aromatic nitrogens is 2. The fraction of sp³-hybridized carbons (Fsp3) is 0.769. The Morgan fingerprint density at radius 3 is 2.59 bits per heavy atom. The van der Waals surface area contributed by atoms with Gasteiger partial charge in [0.15, 0.2) is 0 Å². The standard InChI is InChI=1S/C13H24ClN3/c1-5-6-7-8-11(15-3)9-12-13(14)10(2)16-17(12)4/h11,15H,5-9H2,1-4H3. The zero-order valence-electron chi connectivity index (χ0n) is 11.4. The predicted octanol–water partition coefficient (Wildman–Crippen LogP) is 3.09. The summed E-state index contributed by atoms with van der Waals surface area (Å²) in [5, 5.41) is 8.55. The molecule has 1 aromatic heterocycles. The van der Waals surface area contributed by atoms with Crippen molar-refractivity contribution in [3.8, 4) is 0 Å². The summed E-state index contributed by atoms with van der Waals surface area (Å²) in [5.41, 5.74) is 2.06. The Hall–Kier alpha value is -0.540. The summed E-state index contributed by atoms with van der Waals surface area (Å²) in [6, 6.07) is 0.494. The summed E-state index contributed by atoms with van der Waals surface area (Å²) in [5.74, 6) is 0. The number of halogens is 1. The molecule has 0 spiro atoms. The van der Waals surface area contributed by atoms with Gasteiger partial charge in [-0.1, -0.05) is 37.8 Å². The molecule has 0 fully saturated rings. The Kier molecular flexibility index (Phi) is 6.00. The maximum absolute atomic E-state index is 6.27. The number of aryl methyl sites for hydroxylation is 2. The first-order chi connectivity index (χ1) is 8.10. The molecule has 98 valence electrons. The Bertz CT molecular complexity index is 347. The monoisotopic (exact) mass is 257 g/mol. The third-order valence-electron chi connectivity index (χ3n) is 3.27. The van der Waals surface area contributed by atoms with Crippen LogP contribution in [0.5, 0.6) is 0 Å². The van der Waals surface area contributed by atoms with Crippen LogP contribution in [-0.4, -0.2) is 22.9 Å². The molecular weight excluding hydrogens is 234 g/mol. The molecule has 17 heavy (non-hydrogen) atoms. The van der Waals surface area contributed by atoms with Crippen molar-refractivity contribution in [3.63, 3.8) is 0 Å². The molecule has 1 atom stereocenters. The summed E-state index contributed by atoms with van der Waals surface area (Å²) in [6.07, 6.45) is 6.00. The molecule has 0 aliphatic heterocycles. The molecule has 0 amide bonds. The van der Waals surface area contributed by atoms with E-state index in [2.05, 4.69) is 17.3 Å². The minimum atomic E-state index is 0.494. The van der Waals surface area contributed by atoms with Gasteiger partial charge in [0.05, 0.1) is 16.4 Å². The largest absolute Gasteiger partial charge is 0.317 e. The van der Waals surface area contributed by atoms with Crippen LogP contribution in [0.3, 0.4) is 0 Å². The maximum atomic E-state index is 6.27. The van der Waals surface area contributed by atoms with E-state index in [4.69, 9.17) is 11.6 Å². The van der Waals surface area contributed by atoms with E-state index in [1.807, 2.05) is 25.7 Å². The van der Waals surface area contributed by atoms with Crippen LogP contribution in [0.25, 0.3) is 0 Å². The molecule has 0 aromatic carbocycles. The first-order valence-corrected chi connectivity index (χ1v) is 6.83. The van der Waals surface area contributed by atoms with Gasteiger partial charge >= 0.3 is 0 Å². The van der Waals surface area contributed by atoms with Crippen LogP contribution in [0.1, 0.15) is 44.0 Å². The highest BCUT2D eigenvalue weighted by atomic mass is 35.5. The van der Waals surface area contributed by atoms with Crippen LogP contribution < -0.4 is 5.32 Å². The van der Waals surface area contributed by atoms with Gasteiger partial charge in [0.2, 0.25) is 0 Å². The number of hydrogen-bond acceptors (Lipinski definition) is 2. The van der Waals surface area contributed by atoms with Gasteiger partial charge in [0.1, 0.15) is 0 Å². The van der Waals surface area contributed by atoms with Crippen molar-refractivity contribution in [2.45, 2.75) is 52.0 Å². The minimum absolute atomic E-state index is 0.494. The van der Waals surface area contributed by atoms with E-state index in [1.54, 1.807) is 0 Å². The molecule has 1 N–H and O–H groups in total. The van der Waals surface area contributed by atoms with Gasteiger partial charge in [0.25, 0.3) is 0 Å². The van der Waals surface area contributed by atoms with Gasteiger partial charge in [-0.05, 0) is 20.4 Å². The number of likely N-dealkylation sites (N-methyl/N-ethyl adjacent to an activating group) is 1. The summed E-state index contributed by atoms with van der Waals surface area (Å²) in [6.45, 7) is 4.19. The van der Waals surface area contributed by atoms with Crippen LogP contribution in [0, 0.1) is 6.92 Å². The molecule has 4 heteroatoms. The van der Waals surface area contributed by atoms with Gasteiger partial charge in [-0.3, -0.25) is 4.68 Å². The lowest BCUT2D eigenvalue weighted by Gasteiger charge is -2.16. The lowest BCUT2D eigenvalue weighted by atomic mass is 10.0. The van der Waals surface area contributed by atoms with Crippen molar-refractivity contribution >= 4 is 11.6 Å². The van der Waals surface area contributed by atoms with Crippen molar-refractivity contribution in [1.82, 2.24) is 15.1 Å². The second-order valence-corrected chi connectivity index (χ2v) is 5.03. The first-order valence-electron chi connectivity index (χ1n) is 6.45. The third-order valence-corrected chi connectivity index (χ3v) is 3.76. The van der Waals surface area contributed by atoms with Crippen LogP contribution in [0.4, 0.5) is 0 Å². The van der Waals surface area contributed by atoms with Gasteiger partial charge < -0.3 is 5.32 Å². The molecule has 1 unspecified atom stereocenters. The van der Waals surface area contributed by atoms with E-state index in [1.165, 1.54) is 25.7 Å². The fourth-order valence-corrected chi connectivity index (χ4v) is 2.36. The Morgan fingerprint density at radius 2 is 2.12 bits per heavy atom. The highest BCUT2D eigenvalue weighted by Crippen LogP contribution is 2.21. The van der Waals surface area contributed by atoms with Gasteiger partial charge in [-0.2, -0.15) is 5.10 Å². The van der Waals surface area contributed by atoms with Crippen molar-refractivity contribution in [3.05, 3.63) is 16.4 Å². The molecule has 1 rings (SSSR count). The van der Waals surface area contributed by atoms with Crippen LogP contribution in [0.15, 0.2) is 0 Å². The molecule has 0 bridgehead atoms. The first kappa shape index (κ1) is 14.5. The Balaban J connectivity index is 2.60. The zero-order valence-corrected chi connectivity index (χ0v) is 12.1. The number of nitrogens with zero attached hydrogens (tertiary/aromatic N) is 2. The van der Waals surface area contributed by atoms with Crippen molar-refractivity contribution in [1.29, 1.82) is 0 Å². The molecule has 3 nitrogen and oxygen atoms in total. The smallest absolute Gasteiger partial charge is 0.0847 e. The molecule has 1 aromatic rings. The topological polar surface area (TPSA) is 29.9 Å². The predicted molar refractivity (Wildman–Crippen MR) is 73.6 cm³/mol. The molecule has 0 aliphatic carbocycles. The minimum Gasteiger partial charge on any atom is -0.317 e. The van der Waals surface area contributed by atoms with Crippen molar-refractivity contribution < 1.29 is 0 Å². The molecule has 0 radical (unpaired) electrons. The van der Waals surface area contributed by atoms with E-state index in [-0.39, 0.29) is 0 Å².